The lowest BCUT2D eigenvalue weighted by molar-refractivity contribution is 0.182. The van der Waals surface area contributed by atoms with Crippen molar-refractivity contribution >= 4 is 15.9 Å². The largest absolute Gasteiger partial charge is 0.393 e. The third-order valence-electron chi connectivity index (χ3n) is 2.36. The summed E-state index contributed by atoms with van der Waals surface area (Å²) in [5.41, 5.74) is 1.26. The van der Waals surface area contributed by atoms with Crippen molar-refractivity contribution < 1.29 is 5.11 Å². The Balaban J connectivity index is 2.43. The topological polar surface area (TPSA) is 32.3 Å². The van der Waals surface area contributed by atoms with Crippen LogP contribution in [0.15, 0.2) is 28.7 Å². The standard InChI is InChI=1S/C12H18BrNO/c1-9(15)6-7-14-10(2)11-4-3-5-12(13)8-11/h3-5,8-10,14-15H,6-7H2,1-2H3/t9-,10+/m0/s1. The van der Waals surface area contributed by atoms with Crippen molar-refractivity contribution in [3.63, 3.8) is 0 Å². The molecular weight excluding hydrogens is 254 g/mol. The maximum atomic E-state index is 9.13. The van der Waals surface area contributed by atoms with Gasteiger partial charge in [0.1, 0.15) is 0 Å². The molecule has 0 aliphatic rings. The molecule has 2 nitrogen and oxygen atoms in total. The molecule has 1 rings (SSSR count). The second-order valence-electron chi connectivity index (χ2n) is 3.87. The lowest BCUT2D eigenvalue weighted by atomic mass is 10.1. The van der Waals surface area contributed by atoms with Gasteiger partial charge in [0.2, 0.25) is 0 Å². The van der Waals surface area contributed by atoms with Gasteiger partial charge in [-0.3, -0.25) is 0 Å². The fourth-order valence-corrected chi connectivity index (χ4v) is 1.82. The van der Waals surface area contributed by atoms with Gasteiger partial charge in [-0.25, -0.2) is 0 Å². The van der Waals surface area contributed by atoms with Crippen LogP contribution < -0.4 is 5.32 Å². The zero-order valence-electron chi connectivity index (χ0n) is 9.20. The van der Waals surface area contributed by atoms with Crippen LogP contribution in [0.1, 0.15) is 31.9 Å². The average Bonchev–Trinajstić information content (AvgIpc) is 2.17. The second kappa shape index (κ2) is 6.26. The minimum absolute atomic E-state index is 0.229. The molecule has 2 N–H and O–H groups in total. The first-order valence-corrected chi connectivity index (χ1v) is 6.06. The van der Waals surface area contributed by atoms with Gasteiger partial charge < -0.3 is 10.4 Å². The number of aliphatic hydroxyl groups excluding tert-OH is 1. The molecule has 15 heavy (non-hydrogen) atoms. The molecule has 1 aromatic carbocycles. The van der Waals surface area contributed by atoms with Crippen LogP contribution in [0, 0.1) is 0 Å². The minimum Gasteiger partial charge on any atom is -0.393 e. The van der Waals surface area contributed by atoms with Crippen molar-refractivity contribution in [3.05, 3.63) is 34.3 Å². The quantitative estimate of drug-likeness (QED) is 0.863. The zero-order chi connectivity index (χ0) is 11.3. The number of aliphatic hydroxyl groups is 1. The zero-order valence-corrected chi connectivity index (χ0v) is 10.8. The summed E-state index contributed by atoms with van der Waals surface area (Å²) in [6.45, 7) is 4.78. The molecule has 0 fully saturated rings. The predicted octanol–water partition coefficient (Wildman–Crippen LogP) is 2.87. The summed E-state index contributed by atoms with van der Waals surface area (Å²) in [5, 5.41) is 12.5. The van der Waals surface area contributed by atoms with E-state index in [2.05, 4.69) is 40.3 Å². The third-order valence-corrected chi connectivity index (χ3v) is 2.85. The van der Waals surface area contributed by atoms with Crippen LogP contribution >= 0.6 is 15.9 Å². The summed E-state index contributed by atoms with van der Waals surface area (Å²) in [7, 11) is 0. The van der Waals surface area contributed by atoms with Gasteiger partial charge in [-0.1, -0.05) is 28.1 Å². The average molecular weight is 272 g/mol. The summed E-state index contributed by atoms with van der Waals surface area (Å²) in [6, 6.07) is 8.59. The minimum atomic E-state index is -0.229. The van der Waals surface area contributed by atoms with E-state index in [-0.39, 0.29) is 6.10 Å². The number of halogens is 1. The second-order valence-corrected chi connectivity index (χ2v) is 4.78. The van der Waals surface area contributed by atoms with E-state index in [1.807, 2.05) is 19.1 Å². The summed E-state index contributed by atoms with van der Waals surface area (Å²) in [6.07, 6.45) is 0.561. The Bertz CT molecular complexity index is 301. The van der Waals surface area contributed by atoms with E-state index in [4.69, 9.17) is 5.11 Å². The molecule has 0 aliphatic carbocycles. The molecule has 2 atom stereocenters. The summed E-state index contributed by atoms with van der Waals surface area (Å²) >= 11 is 3.45. The number of hydrogen-bond acceptors (Lipinski definition) is 2. The Hall–Kier alpha value is -0.380. The molecule has 84 valence electrons. The van der Waals surface area contributed by atoms with Crippen LogP contribution in [0.5, 0.6) is 0 Å². The van der Waals surface area contributed by atoms with E-state index in [1.165, 1.54) is 5.56 Å². The number of nitrogens with one attached hydrogen (secondary N) is 1. The first-order chi connectivity index (χ1) is 7.09. The highest BCUT2D eigenvalue weighted by atomic mass is 79.9. The number of hydrogen-bond donors (Lipinski definition) is 2. The maximum absolute atomic E-state index is 9.13. The molecule has 0 heterocycles. The van der Waals surface area contributed by atoms with Crippen LogP contribution in [0.3, 0.4) is 0 Å². The summed E-state index contributed by atoms with van der Waals surface area (Å²) < 4.78 is 1.10. The van der Waals surface area contributed by atoms with E-state index in [1.54, 1.807) is 0 Å². The molecule has 0 bridgehead atoms. The summed E-state index contributed by atoms with van der Waals surface area (Å²) in [4.78, 5) is 0. The molecule has 0 radical (unpaired) electrons. The van der Waals surface area contributed by atoms with Gasteiger partial charge >= 0.3 is 0 Å². The van der Waals surface area contributed by atoms with Crippen molar-refractivity contribution in [1.82, 2.24) is 5.32 Å². The van der Waals surface area contributed by atoms with Crippen LogP contribution in [0.2, 0.25) is 0 Å². The lowest BCUT2D eigenvalue weighted by Crippen LogP contribution is -2.22. The van der Waals surface area contributed by atoms with Gasteiger partial charge in [-0.05, 0) is 44.5 Å². The Labute approximate surface area is 99.8 Å². The molecule has 0 aromatic heterocycles. The fourth-order valence-electron chi connectivity index (χ4n) is 1.40. The van der Waals surface area contributed by atoms with Gasteiger partial charge in [0.25, 0.3) is 0 Å². The van der Waals surface area contributed by atoms with Crippen molar-refractivity contribution in [2.24, 2.45) is 0 Å². The van der Waals surface area contributed by atoms with Crippen molar-refractivity contribution in [2.45, 2.75) is 32.4 Å². The smallest absolute Gasteiger partial charge is 0.0524 e. The van der Waals surface area contributed by atoms with Gasteiger partial charge in [0.05, 0.1) is 6.10 Å². The molecule has 0 spiro atoms. The predicted molar refractivity (Wildman–Crippen MR) is 66.9 cm³/mol. The highest BCUT2D eigenvalue weighted by Crippen LogP contribution is 2.17. The van der Waals surface area contributed by atoms with E-state index in [0.717, 1.165) is 17.4 Å². The van der Waals surface area contributed by atoms with Gasteiger partial charge in [0.15, 0.2) is 0 Å². The molecule has 0 saturated carbocycles. The van der Waals surface area contributed by atoms with Gasteiger partial charge in [-0.2, -0.15) is 0 Å². The van der Waals surface area contributed by atoms with Crippen molar-refractivity contribution in [1.29, 1.82) is 0 Å². The van der Waals surface area contributed by atoms with Crippen molar-refractivity contribution in [3.8, 4) is 0 Å². The maximum Gasteiger partial charge on any atom is 0.0524 e. The first kappa shape index (κ1) is 12.7. The monoisotopic (exact) mass is 271 g/mol. The summed E-state index contributed by atoms with van der Waals surface area (Å²) in [5.74, 6) is 0. The van der Waals surface area contributed by atoms with Gasteiger partial charge in [0, 0.05) is 10.5 Å². The highest BCUT2D eigenvalue weighted by Gasteiger charge is 2.05. The third kappa shape index (κ3) is 4.78. The van der Waals surface area contributed by atoms with E-state index in [0.29, 0.717) is 6.04 Å². The normalized spacial score (nSPS) is 14.9. The van der Waals surface area contributed by atoms with E-state index >= 15 is 0 Å². The van der Waals surface area contributed by atoms with Crippen LogP contribution in [-0.4, -0.2) is 17.8 Å². The Morgan fingerprint density at radius 1 is 1.40 bits per heavy atom. The first-order valence-electron chi connectivity index (χ1n) is 5.26. The Kier molecular flexibility index (Phi) is 5.29. The van der Waals surface area contributed by atoms with E-state index < -0.39 is 0 Å². The molecule has 3 heteroatoms. The Morgan fingerprint density at radius 3 is 2.73 bits per heavy atom. The number of benzene rings is 1. The van der Waals surface area contributed by atoms with Crippen LogP contribution in [0.4, 0.5) is 0 Å². The molecule has 0 amide bonds. The molecule has 0 unspecified atom stereocenters. The lowest BCUT2D eigenvalue weighted by Gasteiger charge is -2.15. The van der Waals surface area contributed by atoms with Crippen LogP contribution in [-0.2, 0) is 0 Å². The van der Waals surface area contributed by atoms with Gasteiger partial charge in [-0.15, -0.1) is 0 Å². The Morgan fingerprint density at radius 2 is 2.13 bits per heavy atom. The number of rotatable bonds is 5. The highest BCUT2D eigenvalue weighted by molar-refractivity contribution is 9.10. The fraction of sp³-hybridized carbons (Fsp3) is 0.500. The SMILES string of the molecule is C[C@H](O)CCN[C@H](C)c1cccc(Br)c1. The van der Waals surface area contributed by atoms with Crippen molar-refractivity contribution in [2.75, 3.05) is 6.54 Å². The molecule has 0 aliphatic heterocycles. The van der Waals surface area contributed by atoms with Crippen LogP contribution in [0.25, 0.3) is 0 Å². The molecule has 1 aromatic rings. The van der Waals surface area contributed by atoms with E-state index in [9.17, 15) is 0 Å². The molecule has 0 saturated heterocycles. The molecular formula is C12H18BrNO.